The molecule has 1 aromatic carbocycles. The van der Waals surface area contributed by atoms with Gasteiger partial charge in [-0.1, -0.05) is 6.92 Å². The summed E-state index contributed by atoms with van der Waals surface area (Å²) < 4.78 is 8.67. The Hall–Kier alpha value is -2.80. The van der Waals surface area contributed by atoms with E-state index in [1.54, 1.807) is 16.2 Å². The predicted octanol–water partition coefficient (Wildman–Crippen LogP) is 5.22. The molecular weight excluding hydrogens is 434 g/mol. The second kappa shape index (κ2) is 8.52. The van der Waals surface area contributed by atoms with Gasteiger partial charge in [0, 0.05) is 11.7 Å². The van der Waals surface area contributed by atoms with Gasteiger partial charge in [-0.3, -0.25) is 14.5 Å². The second-order valence-corrected chi connectivity index (χ2v) is 10.5. The van der Waals surface area contributed by atoms with Crippen LogP contribution in [-0.4, -0.2) is 34.6 Å². The number of hydrogen-bond acceptors (Lipinski definition) is 4. The molecule has 3 aromatic rings. The van der Waals surface area contributed by atoms with E-state index in [1.807, 2.05) is 60.2 Å². The molecule has 2 amide bonds. The van der Waals surface area contributed by atoms with Crippen LogP contribution in [0.4, 0.5) is 5.69 Å². The van der Waals surface area contributed by atoms with Crippen LogP contribution in [-0.2, 0) is 11.3 Å². The first-order chi connectivity index (χ1) is 15.9. The maximum atomic E-state index is 13.8. The Morgan fingerprint density at radius 3 is 2.61 bits per heavy atom. The fraction of sp³-hybridized carbons (Fsp3) is 0.462. The first-order valence-electron chi connectivity index (χ1n) is 11.9. The average molecular weight is 466 g/mol. The largest absolute Gasteiger partial charge is 0.494 e. The average Bonchev–Trinajstić information content (AvgIpc) is 3.39. The third-order valence-electron chi connectivity index (χ3n) is 7.15. The van der Waals surface area contributed by atoms with E-state index in [9.17, 15) is 9.59 Å². The summed E-state index contributed by atoms with van der Waals surface area (Å²) in [6, 6.07) is 11.6. The van der Waals surface area contributed by atoms with E-state index in [-0.39, 0.29) is 17.9 Å². The number of aromatic nitrogens is 1. The molecule has 2 aromatic heterocycles. The molecule has 0 radical (unpaired) electrons. The van der Waals surface area contributed by atoms with Gasteiger partial charge in [0.2, 0.25) is 5.91 Å². The molecule has 2 aliphatic rings. The monoisotopic (exact) mass is 465 g/mol. The van der Waals surface area contributed by atoms with Crippen molar-refractivity contribution in [3.05, 3.63) is 47.5 Å². The van der Waals surface area contributed by atoms with Crippen molar-refractivity contribution in [1.29, 1.82) is 0 Å². The highest BCUT2D eigenvalue weighted by Crippen LogP contribution is 2.38. The summed E-state index contributed by atoms with van der Waals surface area (Å²) in [5.41, 5.74) is 1.30. The van der Waals surface area contributed by atoms with Gasteiger partial charge in [-0.05, 0) is 87.2 Å². The molecule has 1 aliphatic heterocycles. The van der Waals surface area contributed by atoms with Crippen molar-refractivity contribution in [3.63, 3.8) is 0 Å². The summed E-state index contributed by atoms with van der Waals surface area (Å²) in [4.78, 5) is 29.4. The van der Waals surface area contributed by atoms with Gasteiger partial charge in [-0.25, -0.2) is 0 Å². The summed E-state index contributed by atoms with van der Waals surface area (Å²) in [5, 5.41) is 5.33. The molecule has 7 heteroatoms. The van der Waals surface area contributed by atoms with Crippen LogP contribution in [0.2, 0.25) is 0 Å². The Balaban J connectivity index is 1.53. The SMILES string of the molecule is CCOc1ccc(N2C(=O)c3cc4sccc4n3CC2(C)C(=O)NC2CCC(C)CC2)cc1. The number of thiophene rings is 1. The van der Waals surface area contributed by atoms with Crippen molar-refractivity contribution in [2.24, 2.45) is 5.92 Å². The number of ether oxygens (including phenoxy) is 1. The van der Waals surface area contributed by atoms with Gasteiger partial charge in [-0.2, -0.15) is 0 Å². The minimum Gasteiger partial charge on any atom is -0.494 e. The fourth-order valence-electron chi connectivity index (χ4n) is 5.22. The van der Waals surface area contributed by atoms with E-state index in [4.69, 9.17) is 4.74 Å². The molecule has 1 saturated carbocycles. The van der Waals surface area contributed by atoms with Crippen LogP contribution >= 0.6 is 11.3 Å². The van der Waals surface area contributed by atoms with Crippen molar-refractivity contribution < 1.29 is 14.3 Å². The number of hydrogen-bond donors (Lipinski definition) is 1. The van der Waals surface area contributed by atoms with Gasteiger partial charge in [0.05, 0.1) is 23.4 Å². The number of nitrogens with zero attached hydrogens (tertiary/aromatic N) is 2. The highest BCUT2D eigenvalue weighted by molar-refractivity contribution is 7.17. The molecule has 1 atom stereocenters. The van der Waals surface area contributed by atoms with Crippen LogP contribution < -0.4 is 15.0 Å². The topological polar surface area (TPSA) is 63.6 Å². The molecule has 0 saturated heterocycles. The quantitative estimate of drug-likeness (QED) is 0.562. The zero-order valence-electron chi connectivity index (χ0n) is 19.5. The molecule has 5 rings (SSSR count). The van der Waals surface area contributed by atoms with Crippen LogP contribution in [0.25, 0.3) is 10.2 Å². The molecule has 33 heavy (non-hydrogen) atoms. The van der Waals surface area contributed by atoms with Crippen molar-refractivity contribution >= 4 is 39.1 Å². The predicted molar refractivity (Wildman–Crippen MR) is 132 cm³/mol. The minimum absolute atomic E-state index is 0.0907. The van der Waals surface area contributed by atoms with E-state index >= 15 is 0 Å². The third-order valence-corrected chi connectivity index (χ3v) is 8.00. The van der Waals surface area contributed by atoms with Crippen molar-refractivity contribution in [2.45, 2.75) is 64.6 Å². The van der Waals surface area contributed by atoms with E-state index in [0.29, 0.717) is 30.5 Å². The molecular formula is C26H31N3O3S. The molecule has 1 N–H and O–H groups in total. The van der Waals surface area contributed by atoms with Gasteiger partial charge in [-0.15, -0.1) is 11.3 Å². The van der Waals surface area contributed by atoms with Crippen LogP contribution in [0.3, 0.4) is 0 Å². The van der Waals surface area contributed by atoms with Gasteiger partial charge in [0.15, 0.2) is 0 Å². The first-order valence-corrected chi connectivity index (χ1v) is 12.7. The van der Waals surface area contributed by atoms with Crippen molar-refractivity contribution in [1.82, 2.24) is 9.88 Å². The lowest BCUT2D eigenvalue weighted by Crippen LogP contribution is -2.65. The van der Waals surface area contributed by atoms with Crippen LogP contribution in [0.1, 0.15) is 56.9 Å². The lowest BCUT2D eigenvalue weighted by atomic mass is 9.86. The summed E-state index contributed by atoms with van der Waals surface area (Å²) in [6.45, 7) is 7.09. The maximum absolute atomic E-state index is 13.8. The number of amides is 2. The summed E-state index contributed by atoms with van der Waals surface area (Å²) in [5.74, 6) is 1.22. The minimum atomic E-state index is -1.05. The van der Waals surface area contributed by atoms with Gasteiger partial charge in [0.25, 0.3) is 5.91 Å². The number of nitrogens with one attached hydrogen (secondary N) is 1. The van der Waals surface area contributed by atoms with Crippen molar-refractivity contribution in [3.8, 4) is 5.75 Å². The standard InChI is InChI=1S/C26H31N3O3S/c1-4-32-20-11-9-19(10-12-20)29-24(30)22-15-23-21(13-14-33-23)28(22)16-26(29,3)25(31)27-18-7-5-17(2)6-8-18/h9-15,17-18H,4-8,16H2,1-3H3,(H,27,31). The van der Waals surface area contributed by atoms with Gasteiger partial charge < -0.3 is 14.6 Å². The molecule has 1 aliphatic carbocycles. The molecule has 0 bridgehead atoms. The zero-order chi connectivity index (χ0) is 23.2. The first kappa shape index (κ1) is 22.0. The lowest BCUT2D eigenvalue weighted by molar-refractivity contribution is -0.127. The lowest BCUT2D eigenvalue weighted by Gasteiger charge is -2.45. The van der Waals surface area contributed by atoms with E-state index < -0.39 is 5.54 Å². The Morgan fingerprint density at radius 2 is 1.91 bits per heavy atom. The van der Waals surface area contributed by atoms with Gasteiger partial charge >= 0.3 is 0 Å². The Morgan fingerprint density at radius 1 is 1.18 bits per heavy atom. The number of carbonyl (C=O) groups is 2. The van der Waals surface area contributed by atoms with E-state index in [0.717, 1.165) is 41.6 Å². The second-order valence-electron chi connectivity index (χ2n) is 9.56. The summed E-state index contributed by atoms with van der Waals surface area (Å²) in [7, 11) is 0. The van der Waals surface area contributed by atoms with Crippen LogP contribution in [0, 0.1) is 5.92 Å². The van der Waals surface area contributed by atoms with E-state index in [1.165, 1.54) is 0 Å². The van der Waals surface area contributed by atoms with Crippen molar-refractivity contribution in [2.75, 3.05) is 11.5 Å². The Bertz CT molecular complexity index is 1170. The van der Waals surface area contributed by atoms with Crippen LogP contribution in [0.15, 0.2) is 41.8 Å². The normalized spacial score (nSPS) is 25.2. The molecule has 1 fully saturated rings. The summed E-state index contributed by atoms with van der Waals surface area (Å²) >= 11 is 1.62. The maximum Gasteiger partial charge on any atom is 0.275 e. The number of benzene rings is 1. The molecule has 3 heterocycles. The third kappa shape index (κ3) is 3.82. The zero-order valence-corrected chi connectivity index (χ0v) is 20.3. The number of anilines is 1. The van der Waals surface area contributed by atoms with Crippen LogP contribution in [0.5, 0.6) is 5.75 Å². The molecule has 0 spiro atoms. The molecule has 1 unspecified atom stereocenters. The number of rotatable bonds is 5. The number of carbonyl (C=O) groups excluding carboxylic acids is 2. The highest BCUT2D eigenvalue weighted by Gasteiger charge is 2.49. The van der Waals surface area contributed by atoms with Gasteiger partial charge in [0.1, 0.15) is 17.0 Å². The Kier molecular flexibility index (Phi) is 5.69. The molecule has 6 nitrogen and oxygen atoms in total. The smallest absolute Gasteiger partial charge is 0.275 e. The molecule has 174 valence electrons. The Labute approximate surface area is 198 Å². The highest BCUT2D eigenvalue weighted by atomic mass is 32.1. The fourth-order valence-corrected chi connectivity index (χ4v) is 6.04. The number of fused-ring (bicyclic) bond motifs is 3. The summed E-state index contributed by atoms with van der Waals surface area (Å²) in [6.07, 6.45) is 4.23. The van der Waals surface area contributed by atoms with E-state index in [2.05, 4.69) is 12.2 Å².